The number of benzene rings is 1. The lowest BCUT2D eigenvalue weighted by molar-refractivity contribution is -0.271. The fourth-order valence-electron chi connectivity index (χ4n) is 0.887. The molecule has 1 aromatic rings. The van der Waals surface area contributed by atoms with E-state index in [1.807, 2.05) is 0 Å². The smallest absolute Gasteiger partial charge is 0.0676 e. The first-order chi connectivity index (χ1) is 5.29. The van der Waals surface area contributed by atoms with Crippen LogP contribution >= 0.6 is 0 Å². The van der Waals surface area contributed by atoms with Crippen LogP contribution in [0.5, 0.6) is 5.75 Å². The molecule has 0 unspecified atom stereocenters. The first-order valence-electron chi connectivity index (χ1n) is 3.29. The van der Waals surface area contributed by atoms with E-state index in [9.17, 15) is 5.11 Å². The summed E-state index contributed by atoms with van der Waals surface area (Å²) in [6, 6.07) is 4.72. The van der Waals surface area contributed by atoms with Gasteiger partial charge in [0.2, 0.25) is 0 Å². The van der Waals surface area contributed by atoms with Gasteiger partial charge in [0, 0.05) is 0 Å². The Bertz CT molecular complexity index is 223. The van der Waals surface area contributed by atoms with Crippen molar-refractivity contribution in [2.24, 2.45) is 0 Å². The maximum atomic E-state index is 11.1. The molecule has 0 aliphatic carbocycles. The van der Waals surface area contributed by atoms with Gasteiger partial charge in [-0.15, -0.1) is 0 Å². The minimum Gasteiger partial charge on any atom is -0.872 e. The van der Waals surface area contributed by atoms with Crippen molar-refractivity contribution in [3.8, 4) is 5.75 Å². The van der Waals surface area contributed by atoms with Gasteiger partial charge in [-0.2, -0.15) is 0 Å². The zero-order valence-corrected chi connectivity index (χ0v) is 5.95. The number of aliphatic hydroxyl groups excluding tert-OH is 2. The van der Waals surface area contributed by atoms with Crippen molar-refractivity contribution in [1.29, 1.82) is 0 Å². The average molecular weight is 153 g/mol. The van der Waals surface area contributed by atoms with Gasteiger partial charge in [0.05, 0.1) is 13.2 Å². The third kappa shape index (κ3) is 1.50. The highest BCUT2D eigenvalue weighted by Gasteiger charge is 1.95. The molecule has 0 saturated carbocycles. The summed E-state index contributed by atoms with van der Waals surface area (Å²) in [4.78, 5) is 0. The summed E-state index contributed by atoms with van der Waals surface area (Å²) in [7, 11) is 0. The van der Waals surface area contributed by atoms with Gasteiger partial charge in [-0.3, -0.25) is 0 Å². The van der Waals surface area contributed by atoms with E-state index in [-0.39, 0.29) is 19.0 Å². The molecule has 0 bridgehead atoms. The Labute approximate surface area is 64.5 Å². The van der Waals surface area contributed by atoms with Crippen LogP contribution in [0.25, 0.3) is 0 Å². The Hall–Kier alpha value is -1.06. The fourth-order valence-corrected chi connectivity index (χ4v) is 0.887. The number of aliphatic hydroxyl groups is 2. The second-order valence-electron chi connectivity index (χ2n) is 2.22. The number of hydrogen-bond donors (Lipinski definition) is 2. The van der Waals surface area contributed by atoms with Crippen LogP contribution < -0.4 is 5.11 Å². The SMILES string of the molecule is [O-]c1c(CO)cccc1CO. The Balaban J connectivity index is 3.10. The molecule has 0 saturated heterocycles. The third-order valence-electron chi connectivity index (χ3n) is 1.52. The molecule has 0 radical (unpaired) electrons. The lowest BCUT2D eigenvalue weighted by atomic mass is 10.1. The molecule has 0 amide bonds. The minimum absolute atomic E-state index is 0.266. The summed E-state index contributed by atoms with van der Waals surface area (Å²) < 4.78 is 0. The highest BCUT2D eigenvalue weighted by Crippen LogP contribution is 2.18. The normalized spacial score (nSPS) is 10.0. The van der Waals surface area contributed by atoms with Gasteiger partial charge in [-0.05, 0) is 11.1 Å². The van der Waals surface area contributed by atoms with Gasteiger partial charge in [-0.1, -0.05) is 23.9 Å². The van der Waals surface area contributed by atoms with E-state index in [2.05, 4.69) is 0 Å². The maximum absolute atomic E-state index is 11.1. The largest absolute Gasteiger partial charge is 0.872 e. The fraction of sp³-hybridized carbons (Fsp3) is 0.250. The molecule has 1 aromatic carbocycles. The standard InChI is InChI=1S/C8H10O3/c9-4-6-2-1-3-7(5-10)8(6)11/h1-3,9-11H,4-5H2/p-1. The van der Waals surface area contributed by atoms with E-state index < -0.39 is 0 Å². The predicted molar refractivity (Wildman–Crippen MR) is 37.7 cm³/mol. The van der Waals surface area contributed by atoms with Crippen molar-refractivity contribution >= 4 is 0 Å². The Morgan fingerprint density at radius 1 is 1.09 bits per heavy atom. The predicted octanol–water partition coefficient (Wildman–Crippen LogP) is -0.255. The van der Waals surface area contributed by atoms with Crippen LogP contribution in [-0.4, -0.2) is 10.2 Å². The van der Waals surface area contributed by atoms with E-state index in [1.54, 1.807) is 18.2 Å². The van der Waals surface area contributed by atoms with Gasteiger partial charge in [0.15, 0.2) is 0 Å². The molecule has 0 heterocycles. The molecule has 1 rings (SSSR count). The first kappa shape index (κ1) is 8.04. The first-order valence-corrected chi connectivity index (χ1v) is 3.29. The van der Waals surface area contributed by atoms with Gasteiger partial charge in [0.25, 0.3) is 0 Å². The molecule has 0 spiro atoms. The summed E-state index contributed by atoms with van der Waals surface area (Å²) in [6.07, 6.45) is 0. The highest BCUT2D eigenvalue weighted by atomic mass is 16.3. The van der Waals surface area contributed by atoms with Gasteiger partial charge in [-0.25, -0.2) is 0 Å². The summed E-state index contributed by atoms with van der Waals surface area (Å²) in [5.41, 5.74) is 0.660. The molecule has 3 nitrogen and oxygen atoms in total. The van der Waals surface area contributed by atoms with E-state index >= 15 is 0 Å². The maximum Gasteiger partial charge on any atom is 0.0676 e. The van der Waals surface area contributed by atoms with Crippen LogP contribution in [0.3, 0.4) is 0 Å². The Morgan fingerprint density at radius 2 is 1.55 bits per heavy atom. The number of rotatable bonds is 2. The van der Waals surface area contributed by atoms with Crippen LogP contribution in [-0.2, 0) is 13.2 Å². The van der Waals surface area contributed by atoms with Crippen molar-refractivity contribution in [3.05, 3.63) is 29.3 Å². The second-order valence-corrected chi connectivity index (χ2v) is 2.22. The third-order valence-corrected chi connectivity index (χ3v) is 1.52. The molecular weight excluding hydrogens is 144 g/mol. The van der Waals surface area contributed by atoms with Crippen molar-refractivity contribution in [3.63, 3.8) is 0 Å². The van der Waals surface area contributed by atoms with Crippen molar-refractivity contribution in [2.75, 3.05) is 0 Å². The Morgan fingerprint density at radius 3 is 1.91 bits per heavy atom. The lowest BCUT2D eigenvalue weighted by Crippen LogP contribution is -2.01. The summed E-state index contributed by atoms with van der Waals surface area (Å²) in [5.74, 6) is -0.266. The van der Waals surface area contributed by atoms with Crippen molar-refractivity contribution in [1.82, 2.24) is 0 Å². The molecule has 3 heteroatoms. The van der Waals surface area contributed by atoms with Crippen molar-refractivity contribution in [2.45, 2.75) is 13.2 Å². The molecule has 0 aromatic heterocycles. The van der Waals surface area contributed by atoms with Crippen LogP contribution in [0.15, 0.2) is 18.2 Å². The summed E-state index contributed by atoms with van der Waals surface area (Å²) in [5, 5.41) is 28.4. The van der Waals surface area contributed by atoms with Gasteiger partial charge >= 0.3 is 0 Å². The minimum atomic E-state index is -0.271. The molecule has 0 aliphatic heterocycles. The molecule has 0 fully saturated rings. The van der Waals surface area contributed by atoms with Gasteiger partial charge in [0.1, 0.15) is 0 Å². The molecule has 0 atom stereocenters. The molecule has 60 valence electrons. The van der Waals surface area contributed by atoms with Gasteiger partial charge < -0.3 is 15.3 Å². The van der Waals surface area contributed by atoms with E-state index in [0.29, 0.717) is 11.1 Å². The van der Waals surface area contributed by atoms with Crippen molar-refractivity contribution < 1.29 is 15.3 Å². The zero-order valence-electron chi connectivity index (χ0n) is 5.95. The number of hydrogen-bond acceptors (Lipinski definition) is 3. The summed E-state index contributed by atoms with van der Waals surface area (Å²) in [6.45, 7) is -0.542. The highest BCUT2D eigenvalue weighted by molar-refractivity contribution is 5.38. The molecule has 2 N–H and O–H groups in total. The summed E-state index contributed by atoms with van der Waals surface area (Å²) >= 11 is 0. The van der Waals surface area contributed by atoms with Crippen LogP contribution in [0.1, 0.15) is 11.1 Å². The van der Waals surface area contributed by atoms with E-state index in [0.717, 1.165) is 0 Å². The molecule has 11 heavy (non-hydrogen) atoms. The van der Waals surface area contributed by atoms with Crippen LogP contribution in [0.4, 0.5) is 0 Å². The van der Waals surface area contributed by atoms with E-state index in [4.69, 9.17) is 10.2 Å². The second kappa shape index (κ2) is 3.37. The van der Waals surface area contributed by atoms with Crippen LogP contribution in [0.2, 0.25) is 0 Å². The van der Waals surface area contributed by atoms with Crippen LogP contribution in [0, 0.1) is 0 Å². The van der Waals surface area contributed by atoms with E-state index in [1.165, 1.54) is 0 Å². The zero-order chi connectivity index (χ0) is 8.27. The Kier molecular flexibility index (Phi) is 2.46. The number of para-hydroxylation sites is 1. The average Bonchev–Trinajstić information content (AvgIpc) is 2.05. The molecule has 0 aliphatic rings. The topological polar surface area (TPSA) is 63.5 Å². The lowest BCUT2D eigenvalue weighted by Gasteiger charge is -2.15. The monoisotopic (exact) mass is 153 g/mol. The molecular formula is C8H9O3-. The quantitative estimate of drug-likeness (QED) is 0.615.